The molecule has 19 heavy (non-hydrogen) atoms. The van der Waals surface area contributed by atoms with Crippen LogP contribution in [0, 0.1) is 0 Å². The average molecular weight is 424 g/mol. The zero-order valence-corrected chi connectivity index (χ0v) is 15.6. The maximum absolute atomic E-state index is 6.18. The maximum atomic E-state index is 6.18. The Bertz CT molecular complexity index is 536. The van der Waals surface area contributed by atoms with E-state index in [-0.39, 0.29) is 12.1 Å². The number of nitrogens with two attached hydrogens (primary N) is 1. The van der Waals surface area contributed by atoms with Crippen molar-refractivity contribution in [3.05, 3.63) is 41.6 Å². The van der Waals surface area contributed by atoms with Crippen LogP contribution in [0.3, 0.4) is 0 Å². The van der Waals surface area contributed by atoms with Crippen LogP contribution in [-0.4, -0.2) is 18.0 Å². The highest BCUT2D eigenvalue weighted by molar-refractivity contribution is 9.11. The quantitative estimate of drug-likeness (QED) is 0.744. The molecular weight excluding hydrogens is 408 g/mol. The topological polar surface area (TPSA) is 29.3 Å². The molecule has 6 heteroatoms. The Hall–Kier alpha value is 0.280. The van der Waals surface area contributed by atoms with Gasteiger partial charge in [-0.3, -0.25) is 4.90 Å². The van der Waals surface area contributed by atoms with Crippen LogP contribution in [0.1, 0.15) is 23.4 Å². The van der Waals surface area contributed by atoms with Crippen molar-refractivity contribution in [1.82, 2.24) is 4.90 Å². The van der Waals surface area contributed by atoms with Gasteiger partial charge in [0.25, 0.3) is 0 Å². The largest absolute Gasteiger partial charge is 0.326 e. The summed E-state index contributed by atoms with van der Waals surface area (Å²) in [7, 11) is 2.13. The van der Waals surface area contributed by atoms with Gasteiger partial charge >= 0.3 is 0 Å². The number of rotatable bonds is 5. The molecule has 2 aromatic heterocycles. The van der Waals surface area contributed by atoms with Gasteiger partial charge in [-0.05, 0) is 68.9 Å². The zero-order chi connectivity index (χ0) is 14.0. The number of hydrogen-bond donors (Lipinski definition) is 1. The van der Waals surface area contributed by atoms with Crippen molar-refractivity contribution in [2.24, 2.45) is 5.73 Å². The summed E-state index contributed by atoms with van der Waals surface area (Å²) in [5.74, 6) is 0. The molecular formula is C13H16Br2N2S2. The lowest BCUT2D eigenvalue weighted by Crippen LogP contribution is -2.36. The van der Waals surface area contributed by atoms with Gasteiger partial charge in [-0.2, -0.15) is 0 Å². The molecule has 2 heterocycles. The second-order valence-electron chi connectivity index (χ2n) is 4.65. The molecule has 2 rings (SSSR count). The van der Waals surface area contributed by atoms with Crippen molar-refractivity contribution in [3.63, 3.8) is 0 Å². The fraction of sp³-hybridized carbons (Fsp3) is 0.385. The second kappa shape index (κ2) is 6.83. The predicted octanol–water partition coefficient (Wildman–Crippen LogP) is 4.85. The summed E-state index contributed by atoms with van der Waals surface area (Å²) in [5.41, 5.74) is 7.50. The van der Waals surface area contributed by atoms with Crippen molar-refractivity contribution in [1.29, 1.82) is 0 Å². The fourth-order valence-corrected chi connectivity index (χ4v) is 5.10. The molecule has 0 aliphatic rings. The van der Waals surface area contributed by atoms with Crippen LogP contribution in [0.4, 0.5) is 0 Å². The van der Waals surface area contributed by atoms with Crippen LogP contribution >= 0.6 is 54.5 Å². The molecule has 0 saturated carbocycles. The van der Waals surface area contributed by atoms with Crippen LogP contribution in [-0.2, 0) is 6.54 Å². The van der Waals surface area contributed by atoms with Crippen molar-refractivity contribution in [3.8, 4) is 0 Å². The van der Waals surface area contributed by atoms with Gasteiger partial charge in [-0.15, -0.1) is 22.7 Å². The molecule has 0 bridgehead atoms. The van der Waals surface area contributed by atoms with Crippen molar-refractivity contribution >= 4 is 54.5 Å². The summed E-state index contributed by atoms with van der Waals surface area (Å²) in [6.07, 6.45) is 0. The van der Waals surface area contributed by atoms with E-state index < -0.39 is 0 Å². The van der Waals surface area contributed by atoms with Crippen molar-refractivity contribution in [2.45, 2.75) is 25.6 Å². The van der Waals surface area contributed by atoms with E-state index in [4.69, 9.17) is 5.73 Å². The molecule has 2 atom stereocenters. The summed E-state index contributed by atoms with van der Waals surface area (Å²) in [4.78, 5) is 3.62. The lowest BCUT2D eigenvalue weighted by Gasteiger charge is -2.30. The van der Waals surface area contributed by atoms with Crippen molar-refractivity contribution < 1.29 is 0 Å². The van der Waals surface area contributed by atoms with Gasteiger partial charge in [0, 0.05) is 27.3 Å². The van der Waals surface area contributed by atoms with E-state index in [0.29, 0.717) is 0 Å². The molecule has 2 unspecified atom stereocenters. The molecule has 2 N–H and O–H groups in total. The Labute approximate surface area is 138 Å². The summed E-state index contributed by atoms with van der Waals surface area (Å²) < 4.78 is 2.30. The third-order valence-corrected chi connectivity index (χ3v) is 6.22. The normalized spacial score (nSPS) is 14.8. The molecule has 0 fully saturated rings. The minimum atomic E-state index is 0.0950. The van der Waals surface area contributed by atoms with Gasteiger partial charge in [-0.25, -0.2) is 0 Å². The van der Waals surface area contributed by atoms with Crippen LogP contribution in [0.2, 0.25) is 0 Å². The predicted molar refractivity (Wildman–Crippen MR) is 91.9 cm³/mol. The van der Waals surface area contributed by atoms with E-state index in [0.717, 1.165) is 11.0 Å². The fourth-order valence-electron chi connectivity index (χ4n) is 2.18. The average Bonchev–Trinajstić information content (AvgIpc) is 2.88. The standard InChI is InChI=1S/C13H16Br2N2S2/c1-8(16)13(11-4-10(14)7-18-11)17(2)5-9-3-12(15)19-6-9/h3-4,6-8,13H,5,16H2,1-2H3. The Kier molecular flexibility index (Phi) is 5.63. The Balaban J connectivity index is 2.15. The molecule has 104 valence electrons. The van der Waals surface area contributed by atoms with E-state index in [1.54, 1.807) is 22.7 Å². The maximum Gasteiger partial charge on any atom is 0.0701 e. The lowest BCUT2D eigenvalue weighted by atomic mass is 10.1. The van der Waals surface area contributed by atoms with Crippen LogP contribution < -0.4 is 5.73 Å². The van der Waals surface area contributed by atoms with Gasteiger partial charge in [0.15, 0.2) is 0 Å². The SMILES string of the molecule is CC(N)C(c1cc(Br)cs1)N(C)Cc1csc(Br)c1. The number of halogens is 2. The first-order valence-electron chi connectivity index (χ1n) is 5.90. The minimum Gasteiger partial charge on any atom is -0.326 e. The summed E-state index contributed by atoms with van der Waals surface area (Å²) in [6.45, 7) is 2.97. The molecule has 0 saturated heterocycles. The minimum absolute atomic E-state index is 0.0950. The van der Waals surface area contributed by atoms with Gasteiger partial charge in [0.2, 0.25) is 0 Å². The number of thiophene rings is 2. The number of hydrogen-bond acceptors (Lipinski definition) is 4. The smallest absolute Gasteiger partial charge is 0.0701 e. The summed E-state index contributed by atoms with van der Waals surface area (Å²) in [5, 5.41) is 4.29. The third-order valence-electron chi connectivity index (χ3n) is 2.91. The summed E-state index contributed by atoms with van der Waals surface area (Å²) >= 11 is 10.5. The molecule has 0 radical (unpaired) electrons. The molecule has 0 spiro atoms. The van der Waals surface area contributed by atoms with Gasteiger partial charge in [-0.1, -0.05) is 0 Å². The highest BCUT2D eigenvalue weighted by atomic mass is 79.9. The summed E-state index contributed by atoms with van der Waals surface area (Å²) in [6, 6.07) is 4.68. The highest BCUT2D eigenvalue weighted by Crippen LogP contribution is 2.32. The molecule has 2 nitrogen and oxygen atoms in total. The monoisotopic (exact) mass is 422 g/mol. The highest BCUT2D eigenvalue weighted by Gasteiger charge is 2.23. The van der Waals surface area contributed by atoms with Gasteiger partial charge in [0.05, 0.1) is 9.83 Å². The van der Waals surface area contributed by atoms with Crippen LogP contribution in [0.25, 0.3) is 0 Å². The van der Waals surface area contributed by atoms with Gasteiger partial charge in [0.1, 0.15) is 0 Å². The molecule has 0 aliphatic carbocycles. The van der Waals surface area contributed by atoms with Crippen LogP contribution in [0.5, 0.6) is 0 Å². The Morgan fingerprint density at radius 2 is 2.00 bits per heavy atom. The Morgan fingerprint density at radius 3 is 2.47 bits per heavy atom. The van der Waals surface area contributed by atoms with E-state index >= 15 is 0 Å². The zero-order valence-electron chi connectivity index (χ0n) is 10.8. The first-order valence-corrected chi connectivity index (χ1v) is 9.24. The molecule has 2 aromatic rings. The molecule has 0 amide bonds. The van der Waals surface area contributed by atoms with E-state index in [1.807, 2.05) is 0 Å². The Morgan fingerprint density at radius 1 is 1.26 bits per heavy atom. The van der Waals surface area contributed by atoms with E-state index in [2.05, 4.69) is 73.6 Å². The number of likely N-dealkylation sites (N-methyl/N-ethyl adjacent to an activating group) is 1. The van der Waals surface area contributed by atoms with Crippen molar-refractivity contribution in [2.75, 3.05) is 7.05 Å². The molecule has 0 aromatic carbocycles. The van der Waals surface area contributed by atoms with Crippen LogP contribution in [0.15, 0.2) is 31.2 Å². The third kappa shape index (κ3) is 4.12. The van der Waals surface area contributed by atoms with E-state index in [9.17, 15) is 0 Å². The van der Waals surface area contributed by atoms with E-state index in [1.165, 1.54) is 14.2 Å². The lowest BCUT2D eigenvalue weighted by molar-refractivity contribution is 0.214. The van der Waals surface area contributed by atoms with Gasteiger partial charge < -0.3 is 5.73 Å². The second-order valence-corrected chi connectivity index (χ2v) is 8.79. The molecule has 0 aliphatic heterocycles. The first kappa shape index (κ1) is 15.7. The number of nitrogens with zero attached hydrogens (tertiary/aromatic N) is 1. The first-order chi connectivity index (χ1) is 8.97.